The van der Waals surface area contributed by atoms with Gasteiger partial charge >= 0.3 is 12.1 Å². The topological polar surface area (TPSA) is 105 Å². The summed E-state index contributed by atoms with van der Waals surface area (Å²) >= 11 is 0. The molecule has 1 N–H and O–H groups in total. The third-order valence-corrected chi connectivity index (χ3v) is 4.71. The number of hydrogen-bond acceptors (Lipinski definition) is 7. The van der Waals surface area contributed by atoms with Crippen molar-refractivity contribution in [3.8, 4) is 0 Å². The van der Waals surface area contributed by atoms with Gasteiger partial charge in [-0.3, -0.25) is 4.79 Å². The van der Waals surface area contributed by atoms with Crippen LogP contribution < -0.4 is 4.90 Å². The van der Waals surface area contributed by atoms with Crippen LogP contribution >= 0.6 is 0 Å². The predicted octanol–water partition coefficient (Wildman–Crippen LogP) is 0.667. The number of aromatic nitrogens is 2. The molecular weight excluding hydrogens is 397 g/mol. The summed E-state index contributed by atoms with van der Waals surface area (Å²) in [5.41, 5.74) is -0.0637. The molecule has 3 heterocycles. The lowest BCUT2D eigenvalue weighted by Crippen LogP contribution is -2.37. The van der Waals surface area contributed by atoms with E-state index < -0.39 is 12.1 Å². The summed E-state index contributed by atoms with van der Waals surface area (Å²) in [4.78, 5) is 32.9. The quantitative estimate of drug-likeness (QED) is 0.741. The van der Waals surface area contributed by atoms with Crippen molar-refractivity contribution in [3.63, 3.8) is 0 Å². The number of likely N-dealkylation sites (N-methyl/N-ethyl adjacent to an activating group) is 1. The molecule has 0 bridgehead atoms. The van der Waals surface area contributed by atoms with Gasteiger partial charge in [0.05, 0.1) is 19.8 Å². The van der Waals surface area contributed by atoms with Crippen LogP contribution in [0.4, 0.5) is 19.1 Å². The average Bonchev–Trinajstić information content (AvgIpc) is 3.19. The van der Waals surface area contributed by atoms with E-state index in [9.17, 15) is 18.0 Å². The van der Waals surface area contributed by atoms with Gasteiger partial charge in [0.15, 0.2) is 0 Å². The van der Waals surface area contributed by atoms with Gasteiger partial charge in [0.2, 0.25) is 11.9 Å². The van der Waals surface area contributed by atoms with E-state index in [1.165, 1.54) is 0 Å². The van der Waals surface area contributed by atoms with Gasteiger partial charge in [0.25, 0.3) is 0 Å². The van der Waals surface area contributed by atoms with Crippen molar-refractivity contribution in [3.05, 3.63) is 18.5 Å². The van der Waals surface area contributed by atoms with Gasteiger partial charge in [0, 0.05) is 50.9 Å². The highest BCUT2D eigenvalue weighted by atomic mass is 19.4. The minimum atomic E-state index is -5.08. The fourth-order valence-corrected chi connectivity index (χ4v) is 3.11. The number of carbonyl (C=O) groups excluding carboxylic acids is 1. The minimum absolute atomic E-state index is 0.0203. The molecule has 0 aromatic carbocycles. The number of alkyl halides is 3. The Labute approximate surface area is 165 Å². The highest BCUT2D eigenvalue weighted by Crippen LogP contribution is 2.42. The second-order valence-electron chi connectivity index (χ2n) is 7.09. The number of halogens is 3. The first kappa shape index (κ1) is 22.8. The van der Waals surface area contributed by atoms with Crippen LogP contribution in [-0.2, 0) is 19.1 Å². The maximum Gasteiger partial charge on any atom is 0.490 e. The molecule has 2 atom stereocenters. The van der Waals surface area contributed by atoms with Crippen LogP contribution in [0.1, 0.15) is 0 Å². The molecule has 1 amide bonds. The summed E-state index contributed by atoms with van der Waals surface area (Å²) in [5, 5.41) is 7.12. The molecule has 9 nitrogen and oxygen atoms in total. The fraction of sp³-hybridized carbons (Fsp3) is 0.647. The van der Waals surface area contributed by atoms with Crippen LogP contribution in [0.3, 0.4) is 0 Å². The van der Waals surface area contributed by atoms with Crippen molar-refractivity contribution in [1.29, 1.82) is 0 Å². The normalized spacial score (nSPS) is 23.2. The number of carbonyl (C=O) groups is 2. The Morgan fingerprint density at radius 3 is 2.55 bits per heavy atom. The Morgan fingerprint density at radius 2 is 2.00 bits per heavy atom. The molecule has 2 aliphatic heterocycles. The molecule has 162 valence electrons. The zero-order chi connectivity index (χ0) is 21.7. The van der Waals surface area contributed by atoms with E-state index >= 15 is 0 Å². The molecule has 1 aromatic rings. The van der Waals surface area contributed by atoms with E-state index in [4.69, 9.17) is 19.4 Å². The van der Waals surface area contributed by atoms with E-state index in [2.05, 4.69) is 14.9 Å². The summed E-state index contributed by atoms with van der Waals surface area (Å²) in [6.07, 6.45) is -1.57. The van der Waals surface area contributed by atoms with Gasteiger partial charge in [-0.25, -0.2) is 14.8 Å². The SMILES string of the molecule is CN(C)C(=O)COC[C@]12COC[C@H]1CN(c1ncccn1)C2.O=C(O)C(F)(F)F. The number of fused-ring (bicyclic) bond motifs is 1. The Morgan fingerprint density at radius 1 is 1.38 bits per heavy atom. The molecule has 1 aromatic heterocycles. The largest absolute Gasteiger partial charge is 0.490 e. The molecule has 0 radical (unpaired) electrons. The van der Waals surface area contributed by atoms with Gasteiger partial charge in [0.1, 0.15) is 6.61 Å². The standard InChI is InChI=1S/C15H22N4O3.C2HF3O2/c1-18(2)13(20)8-22-11-15-9-19(6-12(15)7-21-10-15)14-16-4-3-5-17-14;3-2(4,5)1(6)7/h3-5,12H,6-11H2,1-2H3;(H,6,7)/t12-,15+;/m1./s1. The number of hydrogen-bond donors (Lipinski definition) is 1. The predicted molar refractivity (Wildman–Crippen MR) is 94.2 cm³/mol. The summed E-state index contributed by atoms with van der Waals surface area (Å²) < 4.78 is 43.1. The lowest BCUT2D eigenvalue weighted by atomic mass is 9.82. The van der Waals surface area contributed by atoms with Crippen molar-refractivity contribution in [2.24, 2.45) is 11.3 Å². The molecule has 2 fully saturated rings. The van der Waals surface area contributed by atoms with Gasteiger partial charge in [-0.1, -0.05) is 0 Å². The number of ether oxygens (including phenoxy) is 2. The maximum absolute atomic E-state index is 11.6. The fourth-order valence-electron chi connectivity index (χ4n) is 3.11. The van der Waals surface area contributed by atoms with Crippen LogP contribution in [-0.4, -0.2) is 91.6 Å². The zero-order valence-corrected chi connectivity index (χ0v) is 16.1. The molecule has 29 heavy (non-hydrogen) atoms. The second-order valence-corrected chi connectivity index (χ2v) is 7.09. The first-order chi connectivity index (χ1) is 13.5. The van der Waals surface area contributed by atoms with Gasteiger partial charge in [-0.15, -0.1) is 0 Å². The summed E-state index contributed by atoms with van der Waals surface area (Å²) in [6.45, 7) is 3.71. The smallest absolute Gasteiger partial charge is 0.475 e. The van der Waals surface area contributed by atoms with Crippen molar-refractivity contribution < 1.29 is 37.3 Å². The number of rotatable bonds is 5. The molecule has 0 saturated carbocycles. The summed E-state index contributed by atoms with van der Waals surface area (Å²) in [6, 6.07) is 1.81. The number of carboxylic acid groups (broad SMARTS) is 1. The van der Waals surface area contributed by atoms with E-state index in [1.807, 2.05) is 6.07 Å². The van der Waals surface area contributed by atoms with Crippen LogP contribution in [0.5, 0.6) is 0 Å². The van der Waals surface area contributed by atoms with Crippen LogP contribution in [0.15, 0.2) is 18.5 Å². The number of nitrogens with zero attached hydrogens (tertiary/aromatic N) is 4. The van der Waals surface area contributed by atoms with E-state index in [-0.39, 0.29) is 17.9 Å². The van der Waals surface area contributed by atoms with E-state index in [1.54, 1.807) is 31.4 Å². The lowest BCUT2D eigenvalue weighted by Gasteiger charge is -2.27. The van der Waals surface area contributed by atoms with Crippen LogP contribution in [0.25, 0.3) is 0 Å². The van der Waals surface area contributed by atoms with Gasteiger partial charge in [-0.2, -0.15) is 13.2 Å². The number of carboxylic acids is 1. The third kappa shape index (κ3) is 6.00. The molecule has 2 aliphatic rings. The first-order valence-corrected chi connectivity index (χ1v) is 8.73. The molecule has 0 spiro atoms. The zero-order valence-electron chi connectivity index (χ0n) is 16.1. The number of aliphatic carboxylic acids is 1. The number of amides is 1. The van der Waals surface area contributed by atoms with Crippen molar-refractivity contribution >= 4 is 17.8 Å². The Bertz CT molecular complexity index is 704. The molecular formula is C17H23F3N4O5. The Hall–Kier alpha value is -2.47. The van der Waals surface area contributed by atoms with Crippen LogP contribution in [0.2, 0.25) is 0 Å². The number of anilines is 1. The summed E-state index contributed by atoms with van der Waals surface area (Å²) in [5.74, 6) is -1.63. The van der Waals surface area contributed by atoms with Gasteiger partial charge < -0.3 is 24.4 Å². The minimum Gasteiger partial charge on any atom is -0.475 e. The van der Waals surface area contributed by atoms with Crippen LogP contribution in [0, 0.1) is 11.3 Å². The third-order valence-electron chi connectivity index (χ3n) is 4.71. The summed E-state index contributed by atoms with van der Waals surface area (Å²) in [7, 11) is 3.46. The monoisotopic (exact) mass is 420 g/mol. The van der Waals surface area contributed by atoms with Crippen molar-refractivity contribution in [2.75, 3.05) is 58.5 Å². The van der Waals surface area contributed by atoms with Gasteiger partial charge in [-0.05, 0) is 6.07 Å². The molecule has 12 heteroatoms. The first-order valence-electron chi connectivity index (χ1n) is 8.73. The average molecular weight is 420 g/mol. The van der Waals surface area contributed by atoms with Crippen molar-refractivity contribution in [2.45, 2.75) is 6.18 Å². The molecule has 2 saturated heterocycles. The Balaban J connectivity index is 0.000000370. The molecule has 0 unspecified atom stereocenters. The highest BCUT2D eigenvalue weighted by molar-refractivity contribution is 5.76. The molecule has 3 rings (SSSR count). The lowest BCUT2D eigenvalue weighted by molar-refractivity contribution is -0.192. The second kappa shape index (κ2) is 9.35. The molecule has 0 aliphatic carbocycles. The van der Waals surface area contributed by atoms with E-state index in [0.29, 0.717) is 19.1 Å². The Kier molecular flexibility index (Phi) is 7.36. The maximum atomic E-state index is 11.6. The van der Waals surface area contributed by atoms with Crippen molar-refractivity contribution in [1.82, 2.24) is 14.9 Å². The van der Waals surface area contributed by atoms with E-state index in [0.717, 1.165) is 25.6 Å². The highest BCUT2D eigenvalue weighted by Gasteiger charge is 2.51.